The third kappa shape index (κ3) is 2.27. The summed E-state index contributed by atoms with van der Waals surface area (Å²) < 4.78 is 7.05. The van der Waals surface area contributed by atoms with Crippen LogP contribution in [0.15, 0.2) is 58.2 Å². The first kappa shape index (κ1) is 12.8. The zero-order valence-corrected chi connectivity index (χ0v) is 12.1. The second-order valence-electron chi connectivity index (χ2n) is 4.61. The summed E-state index contributed by atoms with van der Waals surface area (Å²) in [6.45, 7) is 0. The fourth-order valence-electron chi connectivity index (χ4n) is 2.12. The largest absolute Gasteiger partial charge is 0.444 e. The number of carbonyl (C=O) groups is 1. The van der Waals surface area contributed by atoms with Crippen molar-refractivity contribution in [1.29, 1.82) is 0 Å². The van der Waals surface area contributed by atoms with E-state index in [0.29, 0.717) is 17.2 Å². The summed E-state index contributed by atoms with van der Waals surface area (Å²) in [4.78, 5) is 20.6. The molecule has 22 heavy (non-hydrogen) atoms. The quantitative estimate of drug-likeness (QED) is 0.630. The van der Waals surface area contributed by atoms with E-state index in [1.807, 2.05) is 35.2 Å². The fourth-order valence-corrected chi connectivity index (χ4v) is 2.71. The topological polar surface area (TPSA) is 72.4 Å². The molecule has 0 spiro atoms. The molecule has 0 radical (unpaired) electrons. The number of nitrogens with one attached hydrogen (secondary N) is 1. The van der Waals surface area contributed by atoms with Gasteiger partial charge in [-0.25, -0.2) is 9.97 Å². The van der Waals surface area contributed by atoms with Crippen molar-refractivity contribution < 1.29 is 9.21 Å². The minimum absolute atomic E-state index is 0.236. The van der Waals surface area contributed by atoms with Crippen LogP contribution >= 0.6 is 11.3 Å². The monoisotopic (exact) mass is 310 g/mol. The summed E-state index contributed by atoms with van der Waals surface area (Å²) in [5, 5.41) is 6.58. The molecule has 6 nitrogen and oxygen atoms in total. The van der Waals surface area contributed by atoms with Gasteiger partial charge in [0.2, 0.25) is 5.89 Å². The number of aromatic nitrogens is 3. The minimum Gasteiger partial charge on any atom is -0.444 e. The molecule has 0 saturated carbocycles. The molecular formula is C15H10N4O2S. The van der Waals surface area contributed by atoms with Crippen LogP contribution in [-0.4, -0.2) is 20.3 Å². The number of carbonyl (C=O) groups excluding carboxylic acids is 1. The summed E-state index contributed by atoms with van der Waals surface area (Å²) in [5.74, 6) is 0.291. The number of oxazole rings is 1. The van der Waals surface area contributed by atoms with E-state index < -0.39 is 0 Å². The third-order valence-electron chi connectivity index (χ3n) is 3.14. The summed E-state index contributed by atoms with van der Waals surface area (Å²) in [7, 11) is 0. The first-order valence-electron chi connectivity index (χ1n) is 6.52. The van der Waals surface area contributed by atoms with Crippen LogP contribution in [0.2, 0.25) is 0 Å². The highest BCUT2D eigenvalue weighted by Crippen LogP contribution is 2.19. The maximum absolute atomic E-state index is 12.2. The molecule has 0 fully saturated rings. The third-order valence-corrected chi connectivity index (χ3v) is 3.83. The van der Waals surface area contributed by atoms with E-state index in [0.717, 1.165) is 11.3 Å². The highest BCUT2D eigenvalue weighted by atomic mass is 32.1. The van der Waals surface area contributed by atoms with Gasteiger partial charge < -0.3 is 14.1 Å². The number of rotatable bonds is 3. The Balaban J connectivity index is 1.67. The molecule has 0 saturated heterocycles. The van der Waals surface area contributed by atoms with Gasteiger partial charge in [0, 0.05) is 17.8 Å². The van der Waals surface area contributed by atoms with Crippen molar-refractivity contribution in [2.24, 2.45) is 0 Å². The smallest absolute Gasteiger partial charge is 0.275 e. The normalized spacial score (nSPS) is 10.9. The number of anilines is 1. The number of pyridine rings is 1. The van der Waals surface area contributed by atoms with Gasteiger partial charge in [-0.15, -0.1) is 0 Å². The molecule has 1 amide bonds. The number of hydrogen-bond donors (Lipinski definition) is 1. The van der Waals surface area contributed by atoms with Crippen LogP contribution in [0.1, 0.15) is 10.5 Å². The van der Waals surface area contributed by atoms with Gasteiger partial charge in [-0.3, -0.25) is 4.79 Å². The lowest BCUT2D eigenvalue weighted by Gasteiger charge is -1.97. The summed E-state index contributed by atoms with van der Waals surface area (Å²) in [6, 6.07) is 5.52. The second kappa shape index (κ2) is 5.12. The van der Waals surface area contributed by atoms with Gasteiger partial charge in [0.1, 0.15) is 17.6 Å². The van der Waals surface area contributed by atoms with E-state index >= 15 is 0 Å². The molecule has 4 aromatic heterocycles. The maximum Gasteiger partial charge on any atom is 0.275 e. The number of amides is 1. The number of imidazole rings is 1. The molecule has 0 aliphatic heterocycles. The zero-order chi connectivity index (χ0) is 14.9. The lowest BCUT2D eigenvalue weighted by molar-refractivity contribution is 0.102. The van der Waals surface area contributed by atoms with Gasteiger partial charge >= 0.3 is 0 Å². The second-order valence-corrected chi connectivity index (χ2v) is 5.39. The van der Waals surface area contributed by atoms with Crippen molar-refractivity contribution in [2.75, 3.05) is 5.32 Å². The standard InChI is InChI=1S/C15H10N4O2S/c20-14(17-11-3-6-22-9-11)12-8-19-7-10(1-2-13(19)18-12)15-16-4-5-21-15/h1-9H,(H,17,20). The van der Waals surface area contributed by atoms with Gasteiger partial charge in [0.25, 0.3) is 5.91 Å². The van der Waals surface area contributed by atoms with Gasteiger partial charge in [0.15, 0.2) is 0 Å². The predicted octanol–water partition coefficient (Wildman–Crippen LogP) is 3.30. The Bertz CT molecular complexity index is 926. The summed E-state index contributed by atoms with van der Waals surface area (Å²) >= 11 is 1.52. The van der Waals surface area contributed by atoms with Gasteiger partial charge in [-0.2, -0.15) is 11.3 Å². The first-order valence-corrected chi connectivity index (χ1v) is 7.46. The Hall–Kier alpha value is -2.93. The molecule has 0 aliphatic carbocycles. The Kier molecular flexibility index (Phi) is 2.97. The molecule has 108 valence electrons. The molecule has 1 N–H and O–H groups in total. The van der Waals surface area contributed by atoms with E-state index in [9.17, 15) is 4.79 Å². The molecular weight excluding hydrogens is 300 g/mol. The average molecular weight is 310 g/mol. The molecule has 4 heterocycles. The van der Waals surface area contributed by atoms with Crippen molar-refractivity contribution in [3.8, 4) is 11.5 Å². The van der Waals surface area contributed by atoms with Crippen molar-refractivity contribution in [1.82, 2.24) is 14.4 Å². The highest BCUT2D eigenvalue weighted by molar-refractivity contribution is 7.08. The number of fused-ring (bicyclic) bond motifs is 1. The van der Waals surface area contributed by atoms with E-state index in [4.69, 9.17) is 4.42 Å². The molecule has 4 rings (SSSR count). The van der Waals surface area contributed by atoms with Crippen LogP contribution < -0.4 is 5.32 Å². The first-order chi connectivity index (χ1) is 10.8. The van der Waals surface area contributed by atoms with E-state index in [1.165, 1.54) is 17.6 Å². The number of hydrogen-bond acceptors (Lipinski definition) is 5. The van der Waals surface area contributed by atoms with Crippen molar-refractivity contribution >= 4 is 28.6 Å². The molecule has 0 aliphatic rings. The Labute approximate surface area is 129 Å². The van der Waals surface area contributed by atoms with Crippen LogP contribution in [-0.2, 0) is 0 Å². The van der Waals surface area contributed by atoms with Crippen molar-refractivity contribution in [2.45, 2.75) is 0 Å². The predicted molar refractivity (Wildman–Crippen MR) is 83.0 cm³/mol. The Morgan fingerprint density at radius 3 is 3.00 bits per heavy atom. The molecule has 7 heteroatoms. The van der Waals surface area contributed by atoms with Gasteiger partial charge in [-0.05, 0) is 23.6 Å². The van der Waals surface area contributed by atoms with E-state index in [-0.39, 0.29) is 5.91 Å². The summed E-state index contributed by atoms with van der Waals surface area (Å²) in [5.41, 5.74) is 2.63. The van der Waals surface area contributed by atoms with E-state index in [1.54, 1.807) is 16.8 Å². The van der Waals surface area contributed by atoms with Crippen LogP contribution in [0.5, 0.6) is 0 Å². The molecule has 0 atom stereocenters. The molecule has 0 unspecified atom stereocenters. The number of nitrogens with zero attached hydrogens (tertiary/aromatic N) is 3. The van der Waals surface area contributed by atoms with Crippen LogP contribution in [0.4, 0.5) is 5.69 Å². The van der Waals surface area contributed by atoms with Gasteiger partial charge in [0.05, 0.1) is 17.4 Å². The fraction of sp³-hybridized carbons (Fsp3) is 0. The van der Waals surface area contributed by atoms with Crippen LogP contribution in [0.3, 0.4) is 0 Å². The van der Waals surface area contributed by atoms with Crippen LogP contribution in [0.25, 0.3) is 17.1 Å². The Morgan fingerprint density at radius 2 is 2.23 bits per heavy atom. The SMILES string of the molecule is O=C(Nc1ccsc1)c1cn2cc(-c3ncco3)ccc2n1. The lowest BCUT2D eigenvalue weighted by Crippen LogP contribution is -2.11. The molecule has 4 aromatic rings. The lowest BCUT2D eigenvalue weighted by atomic mass is 10.3. The van der Waals surface area contributed by atoms with Crippen molar-refractivity contribution in [3.05, 3.63) is 59.5 Å². The summed E-state index contributed by atoms with van der Waals surface area (Å²) in [6.07, 6.45) is 6.62. The van der Waals surface area contributed by atoms with Crippen LogP contribution in [0, 0.1) is 0 Å². The average Bonchev–Trinajstić information content (AvgIpc) is 3.27. The van der Waals surface area contributed by atoms with Gasteiger partial charge in [-0.1, -0.05) is 0 Å². The van der Waals surface area contributed by atoms with Crippen molar-refractivity contribution in [3.63, 3.8) is 0 Å². The van der Waals surface area contributed by atoms with E-state index in [2.05, 4.69) is 15.3 Å². The highest BCUT2D eigenvalue weighted by Gasteiger charge is 2.12. The molecule has 0 bridgehead atoms. The zero-order valence-electron chi connectivity index (χ0n) is 11.3. The maximum atomic E-state index is 12.2. The Morgan fingerprint density at radius 1 is 1.27 bits per heavy atom. The molecule has 0 aromatic carbocycles. The minimum atomic E-state index is -0.236. The number of thiophene rings is 1.